The summed E-state index contributed by atoms with van der Waals surface area (Å²) in [6.45, 7) is 0. The second-order valence-corrected chi connectivity index (χ2v) is 6.18. The summed E-state index contributed by atoms with van der Waals surface area (Å²) in [5.74, 6) is 0.242. The highest BCUT2D eigenvalue weighted by atomic mass is 32.2. The second-order valence-electron chi connectivity index (χ2n) is 4.67. The quantitative estimate of drug-likeness (QED) is 0.547. The van der Waals surface area contributed by atoms with Gasteiger partial charge in [-0.1, -0.05) is 42.5 Å². The van der Waals surface area contributed by atoms with E-state index in [4.69, 9.17) is 4.18 Å². The number of fused-ring (bicyclic) bond motifs is 1. The van der Waals surface area contributed by atoms with Gasteiger partial charge < -0.3 is 4.18 Å². The Labute approximate surface area is 128 Å². The van der Waals surface area contributed by atoms with E-state index in [2.05, 4.69) is 0 Å². The van der Waals surface area contributed by atoms with Crippen molar-refractivity contribution in [3.63, 3.8) is 0 Å². The Morgan fingerprint density at radius 2 is 1.41 bits per heavy atom. The highest BCUT2D eigenvalue weighted by molar-refractivity contribution is 7.87. The minimum absolute atomic E-state index is 0.0394. The van der Waals surface area contributed by atoms with Crippen molar-refractivity contribution in [2.75, 3.05) is 0 Å². The van der Waals surface area contributed by atoms with Gasteiger partial charge in [-0.05, 0) is 29.7 Å². The summed E-state index contributed by atoms with van der Waals surface area (Å²) in [7, 11) is -3.98. The lowest BCUT2D eigenvalue weighted by Crippen LogP contribution is -2.10. The molecule has 0 radical (unpaired) electrons. The molecule has 0 saturated carbocycles. The first-order valence-corrected chi connectivity index (χ1v) is 7.99. The third-order valence-corrected chi connectivity index (χ3v) is 4.57. The van der Waals surface area contributed by atoms with Gasteiger partial charge >= 0.3 is 10.1 Å². The van der Waals surface area contributed by atoms with Gasteiger partial charge in [0.1, 0.15) is 10.6 Å². The molecule has 0 bridgehead atoms. The molecule has 0 unspecified atom stereocenters. The van der Waals surface area contributed by atoms with E-state index >= 15 is 0 Å². The van der Waals surface area contributed by atoms with Gasteiger partial charge in [-0.3, -0.25) is 4.79 Å². The van der Waals surface area contributed by atoms with Crippen LogP contribution in [0.2, 0.25) is 0 Å². The fourth-order valence-electron chi connectivity index (χ4n) is 2.26. The fraction of sp³-hybridized carbons (Fsp3) is 0. The van der Waals surface area contributed by atoms with Gasteiger partial charge in [0.15, 0.2) is 6.29 Å². The molecule has 0 N–H and O–H groups in total. The maximum absolute atomic E-state index is 12.5. The van der Waals surface area contributed by atoms with Gasteiger partial charge in [0.25, 0.3) is 0 Å². The van der Waals surface area contributed by atoms with Crippen molar-refractivity contribution in [2.45, 2.75) is 4.90 Å². The molecule has 0 aliphatic heterocycles. The normalized spacial score (nSPS) is 11.3. The molecular weight excluding hydrogens is 300 g/mol. The van der Waals surface area contributed by atoms with E-state index in [1.165, 1.54) is 12.1 Å². The first-order chi connectivity index (χ1) is 10.6. The number of rotatable bonds is 4. The smallest absolute Gasteiger partial charge is 0.339 e. The fourth-order valence-corrected chi connectivity index (χ4v) is 3.40. The minimum Gasteiger partial charge on any atom is -0.379 e. The zero-order chi connectivity index (χ0) is 15.6. The molecule has 22 heavy (non-hydrogen) atoms. The number of para-hydroxylation sites is 1. The van der Waals surface area contributed by atoms with Crippen LogP contribution in [-0.2, 0) is 10.1 Å². The molecule has 0 aliphatic carbocycles. The standard InChI is InChI=1S/C17H12O4S/c18-12-13-10-11-17(16-9-5-4-8-15(13)16)22(19,20)21-14-6-2-1-3-7-14/h1-12H. The van der Waals surface area contributed by atoms with Gasteiger partial charge in [0, 0.05) is 10.9 Å². The molecule has 0 aromatic heterocycles. The van der Waals surface area contributed by atoms with Crippen molar-refractivity contribution in [3.8, 4) is 5.75 Å². The van der Waals surface area contributed by atoms with Crippen LogP contribution < -0.4 is 4.18 Å². The highest BCUT2D eigenvalue weighted by Gasteiger charge is 2.20. The zero-order valence-corrected chi connectivity index (χ0v) is 12.3. The van der Waals surface area contributed by atoms with E-state index in [9.17, 15) is 13.2 Å². The lowest BCUT2D eigenvalue weighted by atomic mass is 10.1. The number of hydrogen-bond donors (Lipinski definition) is 0. The summed E-state index contributed by atoms with van der Waals surface area (Å²) in [5.41, 5.74) is 0.439. The van der Waals surface area contributed by atoms with E-state index in [0.29, 0.717) is 22.6 Å². The maximum Gasteiger partial charge on any atom is 0.339 e. The molecule has 3 aromatic carbocycles. The monoisotopic (exact) mass is 312 g/mol. The summed E-state index contributed by atoms with van der Waals surface area (Å²) >= 11 is 0. The molecule has 0 aliphatic rings. The van der Waals surface area contributed by atoms with Crippen LogP contribution in [0, 0.1) is 0 Å². The van der Waals surface area contributed by atoms with Gasteiger partial charge in [0.2, 0.25) is 0 Å². The summed E-state index contributed by atoms with van der Waals surface area (Å²) < 4.78 is 30.2. The highest BCUT2D eigenvalue weighted by Crippen LogP contribution is 2.27. The van der Waals surface area contributed by atoms with Crippen LogP contribution in [0.25, 0.3) is 10.8 Å². The van der Waals surface area contributed by atoms with Crippen LogP contribution in [0.3, 0.4) is 0 Å². The van der Waals surface area contributed by atoms with E-state index in [0.717, 1.165) is 0 Å². The Balaban J connectivity index is 2.16. The summed E-state index contributed by atoms with van der Waals surface area (Å²) in [5, 5.41) is 1.04. The number of aldehydes is 1. The summed E-state index contributed by atoms with van der Waals surface area (Å²) in [4.78, 5) is 11.1. The summed E-state index contributed by atoms with van der Waals surface area (Å²) in [6.07, 6.45) is 0.705. The van der Waals surface area contributed by atoms with Crippen LogP contribution >= 0.6 is 0 Å². The SMILES string of the molecule is O=Cc1ccc(S(=O)(=O)Oc2ccccc2)c2ccccc12. The van der Waals surface area contributed by atoms with Crippen LogP contribution in [0.15, 0.2) is 71.6 Å². The molecular formula is C17H12O4S. The van der Waals surface area contributed by atoms with Crippen LogP contribution in [0.4, 0.5) is 0 Å². The number of carbonyl (C=O) groups excluding carboxylic acids is 1. The molecule has 3 rings (SSSR count). The van der Waals surface area contributed by atoms with E-state index < -0.39 is 10.1 Å². The van der Waals surface area contributed by atoms with Crippen LogP contribution in [-0.4, -0.2) is 14.7 Å². The Hall–Kier alpha value is -2.66. The molecule has 110 valence electrons. The van der Waals surface area contributed by atoms with E-state index in [1.807, 2.05) is 0 Å². The van der Waals surface area contributed by atoms with Gasteiger partial charge in [-0.2, -0.15) is 8.42 Å². The van der Waals surface area contributed by atoms with Gasteiger partial charge in [-0.15, -0.1) is 0 Å². The molecule has 0 saturated heterocycles. The predicted octanol–water partition coefficient (Wildman–Crippen LogP) is 3.42. The van der Waals surface area contributed by atoms with Crippen molar-refractivity contribution < 1.29 is 17.4 Å². The average Bonchev–Trinajstić information content (AvgIpc) is 2.54. The minimum atomic E-state index is -3.98. The average molecular weight is 312 g/mol. The first-order valence-electron chi connectivity index (χ1n) is 6.58. The van der Waals surface area contributed by atoms with Crippen molar-refractivity contribution in [2.24, 2.45) is 0 Å². The number of carbonyl (C=O) groups is 1. The Bertz CT molecular complexity index is 931. The molecule has 3 aromatic rings. The maximum atomic E-state index is 12.5. The molecule has 0 fully saturated rings. The largest absolute Gasteiger partial charge is 0.379 e. The van der Waals surface area contributed by atoms with Crippen molar-refractivity contribution in [1.29, 1.82) is 0 Å². The molecule has 0 amide bonds. The Kier molecular flexibility index (Phi) is 3.65. The predicted molar refractivity (Wildman–Crippen MR) is 83.6 cm³/mol. The van der Waals surface area contributed by atoms with E-state index in [-0.39, 0.29) is 10.6 Å². The van der Waals surface area contributed by atoms with Crippen molar-refractivity contribution in [1.82, 2.24) is 0 Å². The Morgan fingerprint density at radius 1 is 0.773 bits per heavy atom. The van der Waals surface area contributed by atoms with Crippen molar-refractivity contribution in [3.05, 3.63) is 72.3 Å². The lowest BCUT2D eigenvalue weighted by Gasteiger charge is -2.10. The topological polar surface area (TPSA) is 60.4 Å². The van der Waals surface area contributed by atoms with E-state index in [1.54, 1.807) is 54.6 Å². The molecule has 0 atom stereocenters. The molecule has 0 spiro atoms. The third-order valence-electron chi connectivity index (χ3n) is 3.26. The third kappa shape index (κ3) is 2.58. The van der Waals surface area contributed by atoms with Gasteiger partial charge in [0.05, 0.1) is 0 Å². The Morgan fingerprint density at radius 3 is 2.09 bits per heavy atom. The van der Waals surface area contributed by atoms with Crippen molar-refractivity contribution >= 4 is 27.2 Å². The second kappa shape index (κ2) is 5.61. The summed E-state index contributed by atoms with van der Waals surface area (Å²) in [6, 6.07) is 18.0. The number of hydrogen-bond acceptors (Lipinski definition) is 4. The zero-order valence-electron chi connectivity index (χ0n) is 11.5. The number of benzene rings is 3. The lowest BCUT2D eigenvalue weighted by molar-refractivity contribution is 0.112. The van der Waals surface area contributed by atoms with Gasteiger partial charge in [-0.25, -0.2) is 0 Å². The van der Waals surface area contributed by atoms with Crippen LogP contribution in [0.5, 0.6) is 5.75 Å². The first kappa shape index (κ1) is 14.3. The molecule has 4 nitrogen and oxygen atoms in total. The molecule has 5 heteroatoms. The molecule has 0 heterocycles. The van der Waals surface area contributed by atoms with Crippen LogP contribution in [0.1, 0.15) is 10.4 Å².